The molecule has 1 heterocycles. The molecule has 1 aromatic heterocycles. The van der Waals surface area contributed by atoms with Crippen molar-refractivity contribution in [1.82, 2.24) is 20.1 Å². The summed E-state index contributed by atoms with van der Waals surface area (Å²) in [5.74, 6) is 1.07. The Morgan fingerprint density at radius 3 is 2.82 bits per heavy atom. The van der Waals surface area contributed by atoms with Crippen LogP contribution in [-0.4, -0.2) is 41.2 Å². The van der Waals surface area contributed by atoms with Crippen LogP contribution in [0.2, 0.25) is 0 Å². The molecule has 1 aromatic rings. The maximum absolute atomic E-state index is 11.4. The van der Waals surface area contributed by atoms with E-state index in [1.165, 1.54) is 6.33 Å². The van der Waals surface area contributed by atoms with Crippen molar-refractivity contribution in [2.45, 2.75) is 33.4 Å². The molecule has 0 unspecified atom stereocenters. The molecule has 0 amide bonds. The molecule has 0 bridgehead atoms. The fourth-order valence-electron chi connectivity index (χ4n) is 1.36. The maximum Gasteiger partial charge on any atom is 0.151 e. The average Bonchev–Trinajstić information content (AvgIpc) is 2.75. The van der Waals surface area contributed by atoms with Crippen LogP contribution in [0.1, 0.15) is 26.1 Å². The Balaban J connectivity index is 2.51. The Bertz CT molecular complexity index is 427. The van der Waals surface area contributed by atoms with Crippen molar-refractivity contribution >= 4 is 9.84 Å². The third-order valence-corrected chi connectivity index (χ3v) is 4.14. The van der Waals surface area contributed by atoms with Gasteiger partial charge in [0.05, 0.1) is 18.8 Å². The van der Waals surface area contributed by atoms with Gasteiger partial charge in [0.1, 0.15) is 12.2 Å². The molecule has 0 fully saturated rings. The Kier molecular flexibility index (Phi) is 5.57. The second-order valence-electron chi connectivity index (χ2n) is 3.81. The van der Waals surface area contributed by atoms with Crippen LogP contribution in [0.3, 0.4) is 0 Å². The molecule has 0 atom stereocenters. The van der Waals surface area contributed by atoms with Crippen molar-refractivity contribution < 1.29 is 8.42 Å². The van der Waals surface area contributed by atoms with Crippen molar-refractivity contribution in [3.8, 4) is 0 Å². The normalized spacial score (nSPS) is 11.9. The number of nitrogens with zero attached hydrogens (tertiary/aromatic N) is 3. The molecule has 0 aliphatic carbocycles. The quantitative estimate of drug-likeness (QED) is 0.676. The smallest absolute Gasteiger partial charge is 0.151 e. The van der Waals surface area contributed by atoms with E-state index in [-0.39, 0.29) is 11.5 Å². The molecule has 17 heavy (non-hydrogen) atoms. The minimum atomic E-state index is -2.95. The highest BCUT2D eigenvalue weighted by Gasteiger charge is 2.10. The first-order valence-corrected chi connectivity index (χ1v) is 7.69. The average molecular weight is 260 g/mol. The van der Waals surface area contributed by atoms with Crippen LogP contribution in [0, 0.1) is 0 Å². The van der Waals surface area contributed by atoms with Crippen molar-refractivity contribution in [2.24, 2.45) is 0 Å². The van der Waals surface area contributed by atoms with Crippen LogP contribution in [0.15, 0.2) is 6.33 Å². The zero-order chi connectivity index (χ0) is 12.7. The molecular weight excluding hydrogens is 240 g/mol. The number of hydrogen-bond donors (Lipinski definition) is 1. The van der Waals surface area contributed by atoms with Crippen LogP contribution >= 0.6 is 0 Å². The molecule has 0 saturated carbocycles. The fourth-order valence-corrected chi connectivity index (χ4v) is 2.10. The number of aromatic nitrogens is 3. The van der Waals surface area contributed by atoms with Gasteiger partial charge in [-0.05, 0) is 13.0 Å². The van der Waals surface area contributed by atoms with Crippen molar-refractivity contribution in [1.29, 1.82) is 0 Å². The molecule has 7 heteroatoms. The standard InChI is InChI=1S/C10H20N4O2S/c1-3-5-11-8-10-12-9-13-14(10)6-7-17(15,16)4-2/h9,11H,3-8H2,1-2H3. The van der Waals surface area contributed by atoms with Gasteiger partial charge in [-0.15, -0.1) is 0 Å². The van der Waals surface area contributed by atoms with Gasteiger partial charge in [0.25, 0.3) is 0 Å². The van der Waals surface area contributed by atoms with Crippen LogP contribution in [0.25, 0.3) is 0 Å². The van der Waals surface area contributed by atoms with Gasteiger partial charge in [-0.25, -0.2) is 18.1 Å². The van der Waals surface area contributed by atoms with Crippen molar-refractivity contribution in [2.75, 3.05) is 18.1 Å². The summed E-state index contributed by atoms with van der Waals surface area (Å²) in [5, 5.41) is 7.25. The molecule has 1 rings (SSSR count). The number of hydrogen-bond acceptors (Lipinski definition) is 5. The molecule has 0 aromatic carbocycles. The Morgan fingerprint density at radius 2 is 2.18 bits per heavy atom. The number of sulfone groups is 1. The van der Waals surface area contributed by atoms with Gasteiger partial charge < -0.3 is 5.32 Å². The summed E-state index contributed by atoms with van der Waals surface area (Å²) in [6, 6.07) is 0. The highest BCUT2D eigenvalue weighted by molar-refractivity contribution is 7.91. The first-order valence-electron chi connectivity index (χ1n) is 5.87. The van der Waals surface area contributed by atoms with Gasteiger partial charge in [0, 0.05) is 5.75 Å². The lowest BCUT2D eigenvalue weighted by atomic mass is 10.4. The lowest BCUT2D eigenvalue weighted by Crippen LogP contribution is -2.21. The van der Waals surface area contributed by atoms with E-state index in [9.17, 15) is 8.42 Å². The van der Waals surface area contributed by atoms with Gasteiger partial charge in [0.15, 0.2) is 9.84 Å². The second kappa shape index (κ2) is 6.70. The molecule has 0 aliphatic heterocycles. The third kappa shape index (κ3) is 4.82. The maximum atomic E-state index is 11.4. The highest BCUT2D eigenvalue weighted by atomic mass is 32.2. The lowest BCUT2D eigenvalue weighted by molar-refractivity contribution is 0.555. The summed E-state index contributed by atoms with van der Waals surface area (Å²) >= 11 is 0. The zero-order valence-electron chi connectivity index (χ0n) is 10.4. The summed E-state index contributed by atoms with van der Waals surface area (Å²) in [6.45, 7) is 5.66. The molecule has 0 aliphatic rings. The van der Waals surface area contributed by atoms with Crippen LogP contribution in [0.5, 0.6) is 0 Å². The largest absolute Gasteiger partial charge is 0.310 e. The highest BCUT2D eigenvalue weighted by Crippen LogP contribution is 1.97. The van der Waals surface area contributed by atoms with E-state index in [1.807, 2.05) is 0 Å². The summed E-state index contributed by atoms with van der Waals surface area (Å²) in [7, 11) is -2.95. The van der Waals surface area contributed by atoms with E-state index in [0.717, 1.165) is 18.8 Å². The molecule has 98 valence electrons. The van der Waals surface area contributed by atoms with Crippen LogP contribution in [-0.2, 0) is 22.9 Å². The van der Waals surface area contributed by atoms with E-state index in [0.29, 0.717) is 13.1 Å². The van der Waals surface area contributed by atoms with E-state index in [2.05, 4.69) is 22.3 Å². The third-order valence-electron chi connectivity index (χ3n) is 2.46. The summed E-state index contributed by atoms with van der Waals surface area (Å²) < 4.78 is 24.4. The molecular formula is C10H20N4O2S. The molecule has 0 saturated heterocycles. The van der Waals surface area contributed by atoms with Crippen LogP contribution < -0.4 is 5.32 Å². The second-order valence-corrected chi connectivity index (χ2v) is 6.29. The summed E-state index contributed by atoms with van der Waals surface area (Å²) in [5.41, 5.74) is 0. The van der Waals surface area contributed by atoms with Gasteiger partial charge in [-0.1, -0.05) is 13.8 Å². The predicted octanol–water partition coefficient (Wildman–Crippen LogP) is 0.212. The number of rotatable bonds is 8. The van der Waals surface area contributed by atoms with E-state index < -0.39 is 9.84 Å². The predicted molar refractivity (Wildman–Crippen MR) is 66.3 cm³/mol. The first kappa shape index (κ1) is 14.1. The van der Waals surface area contributed by atoms with E-state index in [1.54, 1.807) is 11.6 Å². The topological polar surface area (TPSA) is 76.9 Å². The van der Waals surface area contributed by atoms with Crippen molar-refractivity contribution in [3.63, 3.8) is 0 Å². The molecule has 6 nitrogen and oxygen atoms in total. The van der Waals surface area contributed by atoms with Gasteiger partial charge in [0.2, 0.25) is 0 Å². The number of aryl methyl sites for hydroxylation is 1. The fraction of sp³-hybridized carbons (Fsp3) is 0.800. The summed E-state index contributed by atoms with van der Waals surface area (Å²) in [4.78, 5) is 4.11. The Labute approximate surface area is 102 Å². The van der Waals surface area contributed by atoms with Crippen LogP contribution in [0.4, 0.5) is 0 Å². The van der Waals surface area contributed by atoms with Gasteiger partial charge >= 0.3 is 0 Å². The zero-order valence-corrected chi connectivity index (χ0v) is 11.2. The van der Waals surface area contributed by atoms with E-state index >= 15 is 0 Å². The molecule has 0 radical (unpaired) electrons. The molecule has 0 spiro atoms. The number of nitrogens with one attached hydrogen (secondary N) is 1. The molecule has 1 N–H and O–H groups in total. The minimum Gasteiger partial charge on any atom is -0.310 e. The minimum absolute atomic E-state index is 0.119. The Morgan fingerprint density at radius 1 is 1.41 bits per heavy atom. The van der Waals surface area contributed by atoms with E-state index in [4.69, 9.17) is 0 Å². The van der Waals surface area contributed by atoms with Crippen molar-refractivity contribution in [3.05, 3.63) is 12.2 Å². The van der Waals surface area contributed by atoms with Gasteiger partial charge in [-0.2, -0.15) is 5.10 Å². The monoisotopic (exact) mass is 260 g/mol. The van der Waals surface area contributed by atoms with Gasteiger partial charge in [-0.3, -0.25) is 0 Å². The SMILES string of the molecule is CCCNCc1ncnn1CCS(=O)(=O)CC. The first-order chi connectivity index (χ1) is 8.09. The lowest BCUT2D eigenvalue weighted by Gasteiger charge is -2.06. The summed E-state index contributed by atoms with van der Waals surface area (Å²) in [6.07, 6.45) is 2.51. The Hall–Kier alpha value is -0.950.